The minimum atomic E-state index is -0.777. The number of nitrogens with one attached hydrogen (secondary N) is 1. The van der Waals surface area contributed by atoms with Crippen LogP contribution in [0, 0.1) is 0 Å². The fourth-order valence-electron chi connectivity index (χ4n) is 7.90. The third-order valence-corrected chi connectivity index (χ3v) is 11.7. The van der Waals surface area contributed by atoms with E-state index in [1.54, 1.807) is 0 Å². The van der Waals surface area contributed by atoms with E-state index in [-0.39, 0.29) is 24.9 Å². The second-order valence-corrected chi connectivity index (χ2v) is 17.2. The number of hydrogen-bond donors (Lipinski definition) is 3. The number of esters is 1. The zero-order valence-electron chi connectivity index (χ0n) is 37.3. The molecule has 0 bridgehead atoms. The van der Waals surface area contributed by atoms with Crippen LogP contribution in [0.4, 0.5) is 0 Å². The number of hydrogen-bond acceptors (Lipinski definition) is 5. The van der Waals surface area contributed by atoms with Gasteiger partial charge in [-0.05, 0) is 25.7 Å². The molecule has 55 heavy (non-hydrogen) atoms. The first-order valence-electron chi connectivity index (χ1n) is 24.8. The number of aliphatic hydroxyl groups is 2. The second-order valence-electron chi connectivity index (χ2n) is 17.2. The van der Waals surface area contributed by atoms with E-state index in [1.807, 2.05) is 0 Å². The Morgan fingerprint density at radius 1 is 0.455 bits per heavy atom. The number of rotatable bonds is 45. The molecule has 328 valence electrons. The highest BCUT2D eigenvalue weighted by Gasteiger charge is 2.24. The molecule has 0 aliphatic carbocycles. The molecule has 3 atom stereocenters. The first kappa shape index (κ1) is 53.9. The van der Waals surface area contributed by atoms with Crippen molar-refractivity contribution < 1.29 is 24.5 Å². The summed E-state index contributed by atoms with van der Waals surface area (Å²) >= 11 is 0. The molecule has 3 N–H and O–H groups in total. The number of carbonyl (C=O) groups excluding carboxylic acids is 2. The monoisotopic (exact) mass is 780 g/mol. The number of unbranched alkanes of at least 4 members (excludes halogenated alkanes) is 33. The summed E-state index contributed by atoms with van der Waals surface area (Å²) in [6, 6.07) is -0.690. The SMILES string of the molecule is CCCCCCCCCCCCCCCCCC(CC(=O)NC(CO)C(O)CCCCCCCCCCCC)OC(=O)CCCCCCCCCCCCC. The van der Waals surface area contributed by atoms with Gasteiger partial charge in [-0.1, -0.05) is 239 Å². The average molecular weight is 780 g/mol. The van der Waals surface area contributed by atoms with Gasteiger partial charge in [0.1, 0.15) is 6.10 Å². The molecule has 0 aromatic heterocycles. The van der Waals surface area contributed by atoms with Crippen molar-refractivity contribution in [3.63, 3.8) is 0 Å². The van der Waals surface area contributed by atoms with E-state index in [0.717, 1.165) is 44.9 Å². The number of carbonyl (C=O) groups is 2. The molecule has 0 aliphatic heterocycles. The molecule has 0 aromatic carbocycles. The van der Waals surface area contributed by atoms with Crippen LogP contribution in [0.3, 0.4) is 0 Å². The first-order valence-corrected chi connectivity index (χ1v) is 24.8. The Morgan fingerprint density at radius 3 is 1.11 bits per heavy atom. The van der Waals surface area contributed by atoms with Gasteiger partial charge in [-0.25, -0.2) is 0 Å². The van der Waals surface area contributed by atoms with Crippen molar-refractivity contribution in [3.8, 4) is 0 Å². The van der Waals surface area contributed by atoms with Gasteiger partial charge in [-0.2, -0.15) is 0 Å². The van der Waals surface area contributed by atoms with Crippen molar-refractivity contribution in [1.82, 2.24) is 5.32 Å². The van der Waals surface area contributed by atoms with Gasteiger partial charge in [0.25, 0.3) is 0 Å². The minimum absolute atomic E-state index is 0.0874. The molecule has 6 heteroatoms. The summed E-state index contributed by atoms with van der Waals surface area (Å²) in [4.78, 5) is 26.0. The molecular formula is C49H97NO5. The molecule has 0 rings (SSSR count). The van der Waals surface area contributed by atoms with E-state index < -0.39 is 18.2 Å². The summed E-state index contributed by atoms with van der Waals surface area (Å²) in [6.45, 7) is 6.49. The van der Waals surface area contributed by atoms with E-state index >= 15 is 0 Å². The van der Waals surface area contributed by atoms with Crippen molar-refractivity contribution in [2.75, 3.05) is 6.61 Å². The first-order chi connectivity index (χ1) is 27.0. The zero-order valence-corrected chi connectivity index (χ0v) is 37.3. The molecule has 1 amide bonds. The summed E-state index contributed by atoms with van der Waals surface area (Å²) in [5, 5.41) is 23.7. The Kier molecular flexibility index (Phi) is 43.1. The predicted molar refractivity (Wildman–Crippen MR) is 237 cm³/mol. The third kappa shape index (κ3) is 39.5. The number of aliphatic hydroxyl groups excluding tert-OH is 2. The minimum Gasteiger partial charge on any atom is -0.462 e. The van der Waals surface area contributed by atoms with E-state index in [9.17, 15) is 19.8 Å². The molecule has 0 heterocycles. The van der Waals surface area contributed by atoms with Crippen molar-refractivity contribution in [2.45, 2.75) is 296 Å². The van der Waals surface area contributed by atoms with Gasteiger partial charge in [0.15, 0.2) is 0 Å². The molecule has 6 nitrogen and oxygen atoms in total. The maximum atomic E-state index is 13.1. The largest absolute Gasteiger partial charge is 0.462 e. The molecule has 3 unspecified atom stereocenters. The van der Waals surface area contributed by atoms with E-state index in [4.69, 9.17) is 4.74 Å². The molecule has 0 aliphatic rings. The maximum Gasteiger partial charge on any atom is 0.306 e. The molecule has 0 aromatic rings. The number of amides is 1. The third-order valence-electron chi connectivity index (χ3n) is 11.7. The quantitative estimate of drug-likeness (QED) is 0.0422. The van der Waals surface area contributed by atoms with Gasteiger partial charge in [0, 0.05) is 6.42 Å². The van der Waals surface area contributed by atoms with Gasteiger partial charge in [0.05, 0.1) is 25.2 Å². The smallest absolute Gasteiger partial charge is 0.306 e. The van der Waals surface area contributed by atoms with Gasteiger partial charge in [0.2, 0.25) is 5.91 Å². The van der Waals surface area contributed by atoms with Crippen LogP contribution in [0.2, 0.25) is 0 Å². The van der Waals surface area contributed by atoms with E-state index in [1.165, 1.54) is 186 Å². The fraction of sp³-hybridized carbons (Fsp3) is 0.959. The van der Waals surface area contributed by atoms with Gasteiger partial charge in [-0.3, -0.25) is 9.59 Å². The van der Waals surface area contributed by atoms with E-state index in [0.29, 0.717) is 19.3 Å². The highest BCUT2D eigenvalue weighted by Crippen LogP contribution is 2.18. The van der Waals surface area contributed by atoms with Crippen molar-refractivity contribution in [3.05, 3.63) is 0 Å². The Bertz CT molecular complexity index is 791. The standard InChI is InChI=1S/C49H97NO5/c1-4-7-10-13-16-19-22-23-24-25-27-28-31-34-37-40-45(55-49(54)42-39-36-33-30-26-20-17-14-11-8-5-2)43-48(53)50-46(44-51)47(52)41-38-35-32-29-21-18-15-12-9-6-3/h45-47,51-52H,4-44H2,1-3H3,(H,50,53). The van der Waals surface area contributed by atoms with Crippen LogP contribution in [-0.4, -0.2) is 46.9 Å². The summed E-state index contributed by atoms with van der Waals surface area (Å²) in [7, 11) is 0. The van der Waals surface area contributed by atoms with Gasteiger partial charge < -0.3 is 20.3 Å². The zero-order chi connectivity index (χ0) is 40.3. The van der Waals surface area contributed by atoms with Crippen LogP contribution in [-0.2, 0) is 14.3 Å². The van der Waals surface area contributed by atoms with Crippen molar-refractivity contribution in [1.29, 1.82) is 0 Å². The predicted octanol–water partition coefficient (Wildman–Crippen LogP) is 14.4. The van der Waals surface area contributed by atoms with Gasteiger partial charge in [-0.15, -0.1) is 0 Å². The Balaban J connectivity index is 4.53. The van der Waals surface area contributed by atoms with Crippen molar-refractivity contribution in [2.24, 2.45) is 0 Å². The highest BCUT2D eigenvalue weighted by atomic mass is 16.5. The van der Waals surface area contributed by atoms with Crippen LogP contribution in [0.1, 0.15) is 278 Å². The van der Waals surface area contributed by atoms with Crippen LogP contribution >= 0.6 is 0 Å². The van der Waals surface area contributed by atoms with Crippen LogP contribution in [0.5, 0.6) is 0 Å². The van der Waals surface area contributed by atoms with Crippen molar-refractivity contribution >= 4 is 11.9 Å². The van der Waals surface area contributed by atoms with Crippen LogP contribution in [0.25, 0.3) is 0 Å². The lowest BCUT2D eigenvalue weighted by Crippen LogP contribution is -2.46. The second kappa shape index (κ2) is 44.0. The lowest BCUT2D eigenvalue weighted by atomic mass is 10.0. The molecule has 0 radical (unpaired) electrons. The fourth-order valence-corrected chi connectivity index (χ4v) is 7.90. The Morgan fingerprint density at radius 2 is 0.764 bits per heavy atom. The summed E-state index contributed by atoms with van der Waals surface area (Å²) in [5.41, 5.74) is 0. The molecule has 0 spiro atoms. The number of ether oxygens (including phenoxy) is 1. The Hall–Kier alpha value is -1.14. The molecular weight excluding hydrogens is 683 g/mol. The summed E-state index contributed by atoms with van der Waals surface area (Å²) < 4.78 is 5.92. The molecule has 0 saturated heterocycles. The normalized spacial score (nSPS) is 13.2. The van der Waals surface area contributed by atoms with Crippen LogP contribution in [0.15, 0.2) is 0 Å². The lowest BCUT2D eigenvalue weighted by molar-refractivity contribution is -0.151. The molecule has 0 fully saturated rings. The summed E-state index contributed by atoms with van der Waals surface area (Å²) in [6.07, 6.45) is 45.9. The Labute approximate surface area is 343 Å². The van der Waals surface area contributed by atoms with Crippen LogP contribution < -0.4 is 5.32 Å². The molecule has 0 saturated carbocycles. The topological polar surface area (TPSA) is 95.9 Å². The summed E-state index contributed by atoms with van der Waals surface area (Å²) in [5.74, 6) is -0.455. The average Bonchev–Trinajstić information content (AvgIpc) is 3.18. The van der Waals surface area contributed by atoms with Gasteiger partial charge >= 0.3 is 5.97 Å². The lowest BCUT2D eigenvalue weighted by Gasteiger charge is -2.24. The highest BCUT2D eigenvalue weighted by molar-refractivity contribution is 5.77. The van der Waals surface area contributed by atoms with E-state index in [2.05, 4.69) is 26.1 Å². The maximum absolute atomic E-state index is 13.1.